The molecule has 0 bridgehead atoms. The third kappa shape index (κ3) is 5.98. The highest BCUT2D eigenvalue weighted by Crippen LogP contribution is 2.15. The van der Waals surface area contributed by atoms with Crippen LogP contribution in [0.1, 0.15) is 32.3 Å². The molecule has 18 heavy (non-hydrogen) atoms. The molecule has 0 saturated carbocycles. The Morgan fingerprint density at radius 3 is 2.78 bits per heavy atom. The average molecular weight is 255 g/mol. The number of halogens is 1. The second-order valence-electron chi connectivity index (χ2n) is 4.59. The number of hydrogen-bond donors (Lipinski definition) is 2. The van der Waals surface area contributed by atoms with Crippen molar-refractivity contribution >= 4 is 0 Å². The lowest BCUT2D eigenvalue weighted by molar-refractivity contribution is 0.0760. The summed E-state index contributed by atoms with van der Waals surface area (Å²) in [5, 5.41) is 12.3. The van der Waals surface area contributed by atoms with E-state index in [9.17, 15) is 4.39 Å². The lowest BCUT2D eigenvalue weighted by Gasteiger charge is -2.08. The lowest BCUT2D eigenvalue weighted by atomic mass is 10.2. The van der Waals surface area contributed by atoms with Crippen LogP contribution in [0.4, 0.5) is 4.39 Å². The van der Waals surface area contributed by atoms with E-state index in [0.29, 0.717) is 6.54 Å². The van der Waals surface area contributed by atoms with Crippen LogP contribution < -0.4 is 5.32 Å². The molecule has 0 aromatic heterocycles. The highest BCUT2D eigenvalue weighted by Gasteiger charge is 2.01. The summed E-state index contributed by atoms with van der Waals surface area (Å²) < 4.78 is 18.5. The maximum atomic E-state index is 13.0. The fourth-order valence-electron chi connectivity index (χ4n) is 1.56. The highest BCUT2D eigenvalue weighted by molar-refractivity contribution is 5.27. The van der Waals surface area contributed by atoms with E-state index in [1.165, 1.54) is 12.1 Å². The summed E-state index contributed by atoms with van der Waals surface area (Å²) in [6.07, 6.45) is 2.35. The highest BCUT2D eigenvalue weighted by atomic mass is 19.1. The maximum Gasteiger partial charge on any atom is 0.165 e. The van der Waals surface area contributed by atoms with Gasteiger partial charge in [0.25, 0.3) is 0 Å². The molecule has 1 aromatic carbocycles. The number of aromatic hydroxyl groups is 1. The maximum absolute atomic E-state index is 13.0. The summed E-state index contributed by atoms with van der Waals surface area (Å²) in [6.45, 7) is 6.33. The first kappa shape index (κ1) is 14.9. The van der Waals surface area contributed by atoms with Crippen LogP contribution in [0.5, 0.6) is 5.75 Å². The largest absolute Gasteiger partial charge is 0.505 e. The van der Waals surface area contributed by atoms with Gasteiger partial charge in [-0.15, -0.1) is 0 Å². The monoisotopic (exact) mass is 255 g/mol. The van der Waals surface area contributed by atoms with E-state index in [2.05, 4.69) is 5.32 Å². The molecule has 0 unspecified atom stereocenters. The Morgan fingerprint density at radius 2 is 2.11 bits per heavy atom. The van der Waals surface area contributed by atoms with Crippen molar-refractivity contribution in [1.82, 2.24) is 5.32 Å². The van der Waals surface area contributed by atoms with Gasteiger partial charge in [-0.2, -0.15) is 0 Å². The second-order valence-corrected chi connectivity index (χ2v) is 4.59. The smallest absolute Gasteiger partial charge is 0.165 e. The van der Waals surface area contributed by atoms with Gasteiger partial charge in [0.1, 0.15) is 0 Å². The summed E-state index contributed by atoms with van der Waals surface area (Å²) in [6, 6.07) is 4.44. The molecule has 0 aliphatic carbocycles. The first-order valence-corrected chi connectivity index (χ1v) is 6.39. The van der Waals surface area contributed by atoms with E-state index in [4.69, 9.17) is 9.84 Å². The number of phenolic OH excluding ortho intramolecular Hbond substituents is 1. The van der Waals surface area contributed by atoms with E-state index < -0.39 is 5.82 Å². The minimum atomic E-state index is -0.570. The third-order valence-electron chi connectivity index (χ3n) is 2.54. The van der Waals surface area contributed by atoms with E-state index in [1.54, 1.807) is 6.07 Å². The molecule has 0 amide bonds. The summed E-state index contributed by atoms with van der Waals surface area (Å²) in [7, 11) is 0. The molecular formula is C14H22FNO2. The van der Waals surface area contributed by atoms with Gasteiger partial charge in [-0.05, 0) is 50.9 Å². The first-order chi connectivity index (χ1) is 8.59. The average Bonchev–Trinajstić information content (AvgIpc) is 2.32. The van der Waals surface area contributed by atoms with Gasteiger partial charge < -0.3 is 15.2 Å². The van der Waals surface area contributed by atoms with E-state index in [1.807, 2.05) is 13.8 Å². The predicted octanol–water partition coefficient (Wildman–Crippen LogP) is 2.83. The fourth-order valence-corrected chi connectivity index (χ4v) is 1.56. The van der Waals surface area contributed by atoms with Crippen LogP contribution in [0.25, 0.3) is 0 Å². The van der Waals surface area contributed by atoms with Crippen LogP contribution >= 0.6 is 0 Å². The SMILES string of the molecule is CC(C)OCCCCNCc1ccc(O)c(F)c1. The minimum Gasteiger partial charge on any atom is -0.505 e. The van der Waals surface area contributed by atoms with E-state index in [0.717, 1.165) is 31.6 Å². The van der Waals surface area contributed by atoms with E-state index >= 15 is 0 Å². The normalized spacial score (nSPS) is 11.1. The lowest BCUT2D eigenvalue weighted by Crippen LogP contribution is -2.15. The van der Waals surface area contributed by atoms with Crippen LogP contribution in [0, 0.1) is 5.82 Å². The van der Waals surface area contributed by atoms with Crippen molar-refractivity contribution in [2.45, 2.75) is 39.3 Å². The van der Waals surface area contributed by atoms with Gasteiger partial charge in [0.2, 0.25) is 0 Å². The topological polar surface area (TPSA) is 41.5 Å². The number of unbranched alkanes of at least 4 members (excludes halogenated alkanes) is 1. The number of nitrogens with one attached hydrogen (secondary N) is 1. The van der Waals surface area contributed by atoms with Gasteiger partial charge >= 0.3 is 0 Å². The van der Waals surface area contributed by atoms with Crippen molar-refractivity contribution in [3.05, 3.63) is 29.6 Å². The van der Waals surface area contributed by atoms with E-state index in [-0.39, 0.29) is 11.9 Å². The molecule has 1 rings (SSSR count). The standard InChI is InChI=1S/C14H22FNO2/c1-11(2)18-8-4-3-7-16-10-12-5-6-14(17)13(15)9-12/h5-6,9,11,16-17H,3-4,7-8,10H2,1-2H3. The van der Waals surface area contributed by atoms with Crippen LogP contribution in [0.2, 0.25) is 0 Å². The van der Waals surface area contributed by atoms with Crippen LogP contribution in [0.3, 0.4) is 0 Å². The van der Waals surface area contributed by atoms with Crippen molar-refractivity contribution in [1.29, 1.82) is 0 Å². The molecule has 3 nitrogen and oxygen atoms in total. The minimum absolute atomic E-state index is 0.290. The zero-order valence-electron chi connectivity index (χ0n) is 11.1. The van der Waals surface area contributed by atoms with Crippen LogP contribution in [0.15, 0.2) is 18.2 Å². The molecule has 102 valence electrons. The number of rotatable bonds is 8. The number of phenols is 1. The Kier molecular flexibility index (Phi) is 6.68. The van der Waals surface area contributed by atoms with Gasteiger partial charge in [0.15, 0.2) is 11.6 Å². The Bertz CT molecular complexity index is 356. The van der Waals surface area contributed by atoms with Crippen molar-refractivity contribution < 1.29 is 14.2 Å². The van der Waals surface area contributed by atoms with Gasteiger partial charge in [-0.3, -0.25) is 0 Å². The van der Waals surface area contributed by atoms with Crippen molar-refractivity contribution in [3.63, 3.8) is 0 Å². The molecule has 0 atom stereocenters. The summed E-state index contributed by atoms with van der Waals surface area (Å²) in [4.78, 5) is 0. The van der Waals surface area contributed by atoms with Crippen molar-refractivity contribution in [2.75, 3.05) is 13.2 Å². The Morgan fingerprint density at radius 1 is 1.33 bits per heavy atom. The molecule has 4 heteroatoms. The molecule has 0 aliphatic rings. The van der Waals surface area contributed by atoms with Crippen LogP contribution in [-0.2, 0) is 11.3 Å². The molecule has 0 heterocycles. The molecule has 0 fully saturated rings. The summed E-state index contributed by atoms with van der Waals surface area (Å²) >= 11 is 0. The molecule has 0 aliphatic heterocycles. The fraction of sp³-hybridized carbons (Fsp3) is 0.571. The third-order valence-corrected chi connectivity index (χ3v) is 2.54. The van der Waals surface area contributed by atoms with Gasteiger partial charge in [-0.25, -0.2) is 4.39 Å². The Labute approximate surface area is 108 Å². The second kappa shape index (κ2) is 8.06. The summed E-state index contributed by atoms with van der Waals surface area (Å²) in [5.41, 5.74) is 0.837. The number of benzene rings is 1. The quantitative estimate of drug-likeness (QED) is 0.702. The van der Waals surface area contributed by atoms with Crippen molar-refractivity contribution in [3.8, 4) is 5.75 Å². The number of hydrogen-bond acceptors (Lipinski definition) is 3. The van der Waals surface area contributed by atoms with Crippen molar-refractivity contribution in [2.24, 2.45) is 0 Å². The van der Waals surface area contributed by atoms with Crippen LogP contribution in [-0.4, -0.2) is 24.4 Å². The molecule has 2 N–H and O–H groups in total. The molecular weight excluding hydrogens is 233 g/mol. The molecule has 0 spiro atoms. The van der Waals surface area contributed by atoms with Gasteiger partial charge in [-0.1, -0.05) is 6.07 Å². The zero-order valence-corrected chi connectivity index (χ0v) is 11.1. The first-order valence-electron chi connectivity index (χ1n) is 6.39. The molecule has 0 radical (unpaired) electrons. The molecule has 1 aromatic rings. The Balaban J connectivity index is 2.09. The van der Waals surface area contributed by atoms with Gasteiger partial charge in [0.05, 0.1) is 6.10 Å². The van der Waals surface area contributed by atoms with Gasteiger partial charge in [0, 0.05) is 13.2 Å². The molecule has 0 saturated heterocycles. The summed E-state index contributed by atoms with van der Waals surface area (Å²) in [5.74, 6) is -0.871. The predicted molar refractivity (Wildman–Crippen MR) is 70.1 cm³/mol. The Hall–Kier alpha value is -1.13. The number of ether oxygens (including phenoxy) is 1. The zero-order chi connectivity index (χ0) is 13.4.